The largest absolute Gasteiger partial charge is 0.465 e. The molecule has 1 atom stereocenters. The van der Waals surface area contributed by atoms with E-state index in [1.807, 2.05) is 0 Å². The fourth-order valence-corrected chi connectivity index (χ4v) is 1.56. The lowest BCUT2D eigenvalue weighted by molar-refractivity contribution is -0.133. The van der Waals surface area contributed by atoms with E-state index in [-0.39, 0.29) is 9.55 Å². The van der Waals surface area contributed by atoms with E-state index in [2.05, 4.69) is 15.9 Å². The van der Waals surface area contributed by atoms with Gasteiger partial charge in [0.25, 0.3) is 0 Å². The van der Waals surface area contributed by atoms with Gasteiger partial charge in [0.05, 0.1) is 5.57 Å². The molecule has 1 unspecified atom stereocenters. The maximum atomic E-state index is 12.5. The molecule has 0 aromatic rings. The summed E-state index contributed by atoms with van der Waals surface area (Å²) in [4.78, 5) is 10.3. The van der Waals surface area contributed by atoms with Crippen molar-refractivity contribution in [2.24, 2.45) is 0 Å². The molecule has 0 saturated carbocycles. The molecule has 0 radical (unpaired) electrons. The zero-order chi connectivity index (χ0) is 12.5. The number of carbonyl (C=O) groups is 1. The van der Waals surface area contributed by atoms with E-state index < -0.39 is 24.0 Å². The first-order valence-corrected chi connectivity index (χ1v) is 4.64. The van der Waals surface area contributed by atoms with Gasteiger partial charge in [-0.15, -0.1) is 0 Å². The number of amides is 1. The molecule has 1 aliphatic heterocycles. The van der Waals surface area contributed by atoms with Crippen molar-refractivity contribution < 1.29 is 28.3 Å². The third-order valence-electron chi connectivity index (χ3n) is 1.70. The molecular weight excluding hydrogens is 297 g/mol. The molecule has 1 rings (SSSR count). The summed E-state index contributed by atoms with van der Waals surface area (Å²) in [6, 6.07) is 0. The molecule has 0 aliphatic carbocycles. The average Bonchev–Trinajstić information content (AvgIpc) is 2.06. The van der Waals surface area contributed by atoms with Crippen LogP contribution in [0.4, 0.5) is 18.0 Å². The normalized spacial score (nSPS) is 21.3. The quantitative estimate of drug-likeness (QED) is 0.693. The van der Waals surface area contributed by atoms with Gasteiger partial charge < -0.3 is 5.11 Å². The number of allylic oxidation sites excluding steroid dienone is 2. The molecule has 1 aliphatic rings. The number of nitrogens with one attached hydrogen (secondary N) is 1. The van der Waals surface area contributed by atoms with Crippen molar-refractivity contribution in [1.82, 2.24) is 10.4 Å². The van der Waals surface area contributed by atoms with Gasteiger partial charge in [-0.2, -0.15) is 13.2 Å². The lowest BCUT2D eigenvalue weighted by atomic mass is 10.1. The van der Waals surface area contributed by atoms with Crippen LogP contribution in [-0.4, -0.2) is 33.8 Å². The molecule has 3 N–H and O–H groups in total. The molecule has 0 fully saturated rings. The van der Waals surface area contributed by atoms with Crippen LogP contribution in [0, 0.1) is 0 Å². The number of rotatable bonds is 1. The molecule has 0 bridgehead atoms. The second-order valence-corrected chi connectivity index (χ2v) is 3.76. The number of halogens is 4. The Bertz CT molecular complexity index is 366. The highest BCUT2D eigenvalue weighted by atomic mass is 79.9. The van der Waals surface area contributed by atoms with Crippen molar-refractivity contribution in [3.63, 3.8) is 0 Å². The van der Waals surface area contributed by atoms with Gasteiger partial charge in [0.2, 0.25) is 0 Å². The summed E-state index contributed by atoms with van der Waals surface area (Å²) in [5.41, 5.74) is -1.22. The summed E-state index contributed by atoms with van der Waals surface area (Å²) >= 11 is 2.76. The Hall–Kier alpha value is -1.22. The number of alkyl halides is 3. The minimum atomic E-state index is -4.75. The van der Waals surface area contributed by atoms with Gasteiger partial charge >= 0.3 is 12.3 Å². The van der Waals surface area contributed by atoms with Gasteiger partial charge in [0, 0.05) is 10.7 Å². The lowest BCUT2D eigenvalue weighted by Gasteiger charge is -2.30. The van der Waals surface area contributed by atoms with Crippen LogP contribution in [-0.2, 0) is 0 Å². The second kappa shape index (κ2) is 4.34. The third-order valence-corrected chi connectivity index (χ3v) is 2.13. The van der Waals surface area contributed by atoms with Crippen LogP contribution in [0.1, 0.15) is 0 Å². The minimum Gasteiger partial charge on any atom is -0.465 e. The molecule has 9 heteroatoms. The van der Waals surface area contributed by atoms with Gasteiger partial charge in [0.15, 0.2) is 6.17 Å². The molecule has 1 amide bonds. The highest BCUT2D eigenvalue weighted by Crippen LogP contribution is 2.34. The van der Waals surface area contributed by atoms with Crippen LogP contribution in [0.5, 0.6) is 0 Å². The van der Waals surface area contributed by atoms with Gasteiger partial charge in [-0.3, -0.25) is 10.5 Å². The maximum absolute atomic E-state index is 12.5. The van der Waals surface area contributed by atoms with E-state index in [1.165, 1.54) is 0 Å². The van der Waals surface area contributed by atoms with Crippen LogP contribution < -0.4 is 5.32 Å². The molecule has 0 aromatic heterocycles. The van der Waals surface area contributed by atoms with Crippen LogP contribution >= 0.6 is 15.9 Å². The summed E-state index contributed by atoms with van der Waals surface area (Å²) < 4.78 is 37.5. The summed E-state index contributed by atoms with van der Waals surface area (Å²) in [7, 11) is 0. The van der Waals surface area contributed by atoms with Crippen LogP contribution in [0.25, 0.3) is 0 Å². The molecule has 16 heavy (non-hydrogen) atoms. The predicted molar refractivity (Wildman–Crippen MR) is 49.7 cm³/mol. The fourth-order valence-electron chi connectivity index (χ4n) is 1.11. The number of hydrogen-bond donors (Lipinski definition) is 3. The first kappa shape index (κ1) is 12.8. The first-order valence-electron chi connectivity index (χ1n) is 3.84. The van der Waals surface area contributed by atoms with Crippen molar-refractivity contribution in [3.05, 3.63) is 22.3 Å². The Labute approximate surface area is 95.9 Å². The SMILES string of the molecule is O=C(O)NC1C(C(F)(F)F)=CC(Br)=CN1O. The van der Waals surface area contributed by atoms with E-state index in [9.17, 15) is 23.2 Å². The molecule has 1 heterocycles. The molecule has 5 nitrogen and oxygen atoms in total. The molecular formula is C7H6BrF3N2O3. The Morgan fingerprint density at radius 1 is 1.56 bits per heavy atom. The number of carboxylic acid groups (broad SMARTS) is 1. The predicted octanol–water partition coefficient (Wildman–Crippen LogP) is 2.01. The Morgan fingerprint density at radius 3 is 2.56 bits per heavy atom. The van der Waals surface area contributed by atoms with E-state index >= 15 is 0 Å². The van der Waals surface area contributed by atoms with Crippen molar-refractivity contribution in [2.75, 3.05) is 0 Å². The standard InChI is InChI=1S/C7H6BrF3N2O3/c8-3-1-4(7(9,10)11)5(12-6(14)15)13(16)2-3/h1-2,5,12,16H,(H,14,15). The molecule has 0 saturated heterocycles. The zero-order valence-corrected chi connectivity index (χ0v) is 9.08. The summed E-state index contributed by atoms with van der Waals surface area (Å²) in [6.07, 6.45) is -6.70. The highest BCUT2D eigenvalue weighted by molar-refractivity contribution is 9.11. The van der Waals surface area contributed by atoms with Gasteiger partial charge in [0.1, 0.15) is 0 Å². The van der Waals surface area contributed by atoms with Crippen molar-refractivity contribution in [1.29, 1.82) is 0 Å². The summed E-state index contributed by atoms with van der Waals surface area (Å²) in [5, 5.41) is 19.2. The lowest BCUT2D eigenvalue weighted by Crippen LogP contribution is -2.49. The second-order valence-electron chi connectivity index (χ2n) is 2.84. The average molecular weight is 303 g/mol. The molecule has 90 valence electrons. The van der Waals surface area contributed by atoms with E-state index in [1.54, 1.807) is 5.32 Å². The van der Waals surface area contributed by atoms with Gasteiger partial charge in [-0.25, -0.2) is 9.86 Å². The van der Waals surface area contributed by atoms with Gasteiger partial charge in [-0.05, 0) is 22.0 Å². The Balaban J connectivity index is 3.06. The van der Waals surface area contributed by atoms with Gasteiger partial charge in [-0.1, -0.05) is 0 Å². The van der Waals surface area contributed by atoms with Crippen LogP contribution in [0.2, 0.25) is 0 Å². The number of nitrogens with zero attached hydrogens (tertiary/aromatic N) is 1. The molecule has 0 spiro atoms. The van der Waals surface area contributed by atoms with Crippen molar-refractivity contribution in [3.8, 4) is 0 Å². The maximum Gasteiger partial charge on any atom is 0.416 e. The van der Waals surface area contributed by atoms with Crippen LogP contribution in [0.15, 0.2) is 22.3 Å². The third kappa shape index (κ3) is 2.89. The summed E-state index contributed by atoms with van der Waals surface area (Å²) in [5.74, 6) is 0. The van der Waals surface area contributed by atoms with E-state index in [0.29, 0.717) is 6.08 Å². The smallest absolute Gasteiger partial charge is 0.416 e. The highest BCUT2D eigenvalue weighted by Gasteiger charge is 2.43. The number of hydrogen-bond acceptors (Lipinski definition) is 3. The Kier molecular flexibility index (Phi) is 3.48. The Morgan fingerprint density at radius 2 is 2.12 bits per heavy atom. The zero-order valence-electron chi connectivity index (χ0n) is 7.49. The topological polar surface area (TPSA) is 72.8 Å². The fraction of sp³-hybridized carbons (Fsp3) is 0.286. The first-order chi connectivity index (χ1) is 7.21. The monoisotopic (exact) mass is 302 g/mol. The minimum absolute atomic E-state index is 0.0224. The number of hydroxylamine groups is 2. The van der Waals surface area contributed by atoms with Crippen molar-refractivity contribution in [2.45, 2.75) is 12.3 Å². The van der Waals surface area contributed by atoms with Crippen LogP contribution in [0.3, 0.4) is 0 Å². The van der Waals surface area contributed by atoms with Crippen molar-refractivity contribution >= 4 is 22.0 Å². The van der Waals surface area contributed by atoms with E-state index in [4.69, 9.17) is 5.11 Å². The van der Waals surface area contributed by atoms with E-state index in [0.717, 1.165) is 6.20 Å². The molecule has 0 aromatic carbocycles. The summed E-state index contributed by atoms with van der Waals surface area (Å²) in [6.45, 7) is 0.